The molecule has 6 heteroatoms. The van der Waals surface area contributed by atoms with Crippen LogP contribution in [0.3, 0.4) is 0 Å². The molecule has 1 aliphatic rings. The molecule has 0 bridgehead atoms. The maximum atomic E-state index is 11.6. The molecular weight excluding hydrogens is 244 g/mol. The van der Waals surface area contributed by atoms with Crippen molar-refractivity contribution in [2.24, 2.45) is 0 Å². The lowest BCUT2D eigenvalue weighted by Gasteiger charge is -2.26. The van der Waals surface area contributed by atoms with Gasteiger partial charge in [0, 0.05) is 12.6 Å². The van der Waals surface area contributed by atoms with E-state index < -0.39 is 0 Å². The van der Waals surface area contributed by atoms with E-state index in [2.05, 4.69) is 10.2 Å². The second-order valence-electron chi connectivity index (χ2n) is 4.53. The number of hydrogen-bond acceptors (Lipinski definition) is 4. The second kappa shape index (κ2) is 4.01. The first-order chi connectivity index (χ1) is 9.08. The average Bonchev–Trinajstić information content (AvgIpc) is 2.74. The standard InChI is InChI=1S/C13H14N4O2/c1-7-12(14)13(16-15-7)8-3-4-10-9(5-8)17(2)11(18)6-19-10/h3-5H,6,14H2,1-2H3,(H,15,16). The molecule has 1 amide bonds. The third-order valence-electron chi connectivity index (χ3n) is 3.31. The molecule has 0 unspecified atom stereocenters. The third-order valence-corrected chi connectivity index (χ3v) is 3.31. The molecule has 0 radical (unpaired) electrons. The van der Waals surface area contributed by atoms with Gasteiger partial charge in [-0.3, -0.25) is 9.89 Å². The summed E-state index contributed by atoms with van der Waals surface area (Å²) in [5.41, 5.74) is 9.68. The Balaban J connectivity index is 2.11. The van der Waals surface area contributed by atoms with Crippen LogP contribution in [0.2, 0.25) is 0 Å². The number of aromatic nitrogens is 2. The molecule has 2 heterocycles. The molecule has 6 nitrogen and oxygen atoms in total. The summed E-state index contributed by atoms with van der Waals surface area (Å²) in [7, 11) is 1.73. The van der Waals surface area contributed by atoms with E-state index in [1.54, 1.807) is 11.9 Å². The molecule has 0 atom stereocenters. The highest BCUT2D eigenvalue weighted by atomic mass is 16.5. The largest absolute Gasteiger partial charge is 0.482 e. The van der Waals surface area contributed by atoms with Crippen LogP contribution in [0.4, 0.5) is 11.4 Å². The number of aryl methyl sites for hydroxylation is 1. The van der Waals surface area contributed by atoms with Crippen molar-refractivity contribution in [3.05, 3.63) is 23.9 Å². The number of ether oxygens (including phenoxy) is 1. The van der Waals surface area contributed by atoms with Gasteiger partial charge in [-0.1, -0.05) is 0 Å². The zero-order valence-electron chi connectivity index (χ0n) is 10.7. The van der Waals surface area contributed by atoms with E-state index in [0.29, 0.717) is 17.1 Å². The van der Waals surface area contributed by atoms with Gasteiger partial charge in [0.15, 0.2) is 6.61 Å². The fourth-order valence-electron chi connectivity index (χ4n) is 2.08. The van der Waals surface area contributed by atoms with Crippen molar-refractivity contribution in [1.82, 2.24) is 10.2 Å². The number of H-pyrrole nitrogens is 1. The molecule has 3 rings (SSSR count). The van der Waals surface area contributed by atoms with Gasteiger partial charge in [0.05, 0.1) is 17.1 Å². The van der Waals surface area contributed by atoms with Crippen LogP contribution >= 0.6 is 0 Å². The quantitative estimate of drug-likeness (QED) is 0.808. The highest BCUT2D eigenvalue weighted by Crippen LogP contribution is 2.36. The number of carbonyl (C=O) groups is 1. The van der Waals surface area contributed by atoms with Crippen LogP contribution in [-0.4, -0.2) is 29.8 Å². The Hall–Kier alpha value is -2.50. The number of hydrogen-bond donors (Lipinski definition) is 2. The van der Waals surface area contributed by atoms with Crippen molar-refractivity contribution in [2.75, 3.05) is 24.3 Å². The maximum Gasteiger partial charge on any atom is 0.264 e. The monoisotopic (exact) mass is 258 g/mol. The number of amides is 1. The molecule has 0 aliphatic carbocycles. The zero-order valence-corrected chi connectivity index (χ0v) is 10.7. The molecule has 3 N–H and O–H groups in total. The number of rotatable bonds is 1. The Bertz CT molecular complexity index is 663. The number of benzene rings is 1. The number of fused-ring (bicyclic) bond motifs is 1. The molecule has 0 saturated carbocycles. The minimum Gasteiger partial charge on any atom is -0.482 e. The number of nitrogen functional groups attached to an aromatic ring is 1. The van der Waals surface area contributed by atoms with E-state index in [4.69, 9.17) is 10.5 Å². The van der Waals surface area contributed by atoms with Gasteiger partial charge in [-0.2, -0.15) is 5.10 Å². The third kappa shape index (κ3) is 1.72. The van der Waals surface area contributed by atoms with Crippen LogP contribution in [0.1, 0.15) is 5.69 Å². The van der Waals surface area contributed by atoms with Crippen molar-refractivity contribution in [1.29, 1.82) is 0 Å². The molecule has 1 aliphatic heterocycles. The number of nitrogens with zero attached hydrogens (tertiary/aromatic N) is 2. The molecular formula is C13H14N4O2. The summed E-state index contributed by atoms with van der Waals surface area (Å²) in [5.74, 6) is 0.618. The molecule has 0 spiro atoms. The van der Waals surface area contributed by atoms with E-state index in [1.807, 2.05) is 25.1 Å². The normalized spacial score (nSPS) is 14.2. The van der Waals surface area contributed by atoms with Crippen molar-refractivity contribution in [3.8, 4) is 17.0 Å². The number of nitrogens with two attached hydrogens (primary N) is 1. The van der Waals surface area contributed by atoms with Crippen LogP contribution in [0, 0.1) is 6.92 Å². The Kier molecular flexibility index (Phi) is 2.45. The van der Waals surface area contributed by atoms with E-state index in [0.717, 1.165) is 16.9 Å². The van der Waals surface area contributed by atoms with Crippen LogP contribution in [-0.2, 0) is 4.79 Å². The van der Waals surface area contributed by atoms with Crippen LogP contribution in [0.25, 0.3) is 11.3 Å². The first-order valence-electron chi connectivity index (χ1n) is 5.92. The fraction of sp³-hybridized carbons (Fsp3) is 0.231. The number of anilines is 2. The predicted octanol–water partition coefficient (Wildman–Crippen LogP) is 1.32. The van der Waals surface area contributed by atoms with Crippen molar-refractivity contribution in [2.45, 2.75) is 6.92 Å². The van der Waals surface area contributed by atoms with Gasteiger partial charge in [0.25, 0.3) is 5.91 Å². The Morgan fingerprint density at radius 3 is 2.95 bits per heavy atom. The molecule has 2 aromatic rings. The zero-order chi connectivity index (χ0) is 13.6. The first-order valence-corrected chi connectivity index (χ1v) is 5.92. The van der Waals surface area contributed by atoms with E-state index in [1.165, 1.54) is 0 Å². The minimum absolute atomic E-state index is 0.0733. The lowest BCUT2D eigenvalue weighted by atomic mass is 10.1. The Morgan fingerprint density at radius 2 is 2.26 bits per heavy atom. The number of carbonyl (C=O) groups excluding carboxylic acids is 1. The SMILES string of the molecule is Cc1[nH]nc(-c2ccc3c(c2)N(C)C(=O)CO3)c1N. The Labute approximate surface area is 110 Å². The van der Waals surface area contributed by atoms with Gasteiger partial charge in [-0.05, 0) is 25.1 Å². The topological polar surface area (TPSA) is 84.2 Å². The lowest BCUT2D eigenvalue weighted by Crippen LogP contribution is -2.35. The summed E-state index contributed by atoms with van der Waals surface area (Å²) in [4.78, 5) is 13.2. The second-order valence-corrected chi connectivity index (χ2v) is 4.53. The van der Waals surface area contributed by atoms with Crippen molar-refractivity contribution in [3.63, 3.8) is 0 Å². The van der Waals surface area contributed by atoms with Gasteiger partial charge < -0.3 is 15.4 Å². The summed E-state index contributed by atoms with van der Waals surface area (Å²) >= 11 is 0. The van der Waals surface area contributed by atoms with Gasteiger partial charge in [0.2, 0.25) is 0 Å². The highest BCUT2D eigenvalue weighted by Gasteiger charge is 2.23. The van der Waals surface area contributed by atoms with Gasteiger partial charge in [-0.25, -0.2) is 0 Å². The van der Waals surface area contributed by atoms with Crippen LogP contribution in [0.5, 0.6) is 5.75 Å². The molecule has 0 saturated heterocycles. The predicted molar refractivity (Wildman–Crippen MR) is 72.1 cm³/mol. The number of likely N-dealkylation sites (N-methyl/N-ethyl adjacent to an activating group) is 1. The van der Waals surface area contributed by atoms with E-state index in [9.17, 15) is 4.79 Å². The first kappa shape index (κ1) is 11.6. The smallest absolute Gasteiger partial charge is 0.264 e. The molecule has 19 heavy (non-hydrogen) atoms. The molecule has 1 aromatic heterocycles. The van der Waals surface area contributed by atoms with Gasteiger partial charge in [0.1, 0.15) is 11.4 Å². The Morgan fingerprint density at radius 1 is 1.47 bits per heavy atom. The summed E-state index contributed by atoms with van der Waals surface area (Å²) < 4.78 is 5.38. The van der Waals surface area contributed by atoms with E-state index >= 15 is 0 Å². The summed E-state index contributed by atoms with van der Waals surface area (Å²) in [6, 6.07) is 5.57. The van der Waals surface area contributed by atoms with Crippen molar-refractivity contribution < 1.29 is 9.53 Å². The average molecular weight is 258 g/mol. The number of aromatic amines is 1. The van der Waals surface area contributed by atoms with Gasteiger partial charge >= 0.3 is 0 Å². The lowest BCUT2D eigenvalue weighted by molar-refractivity contribution is -0.120. The van der Waals surface area contributed by atoms with E-state index in [-0.39, 0.29) is 12.5 Å². The fourth-order valence-corrected chi connectivity index (χ4v) is 2.08. The van der Waals surface area contributed by atoms with Crippen LogP contribution < -0.4 is 15.4 Å². The minimum atomic E-state index is -0.0733. The number of nitrogens with one attached hydrogen (secondary N) is 1. The summed E-state index contributed by atoms with van der Waals surface area (Å²) in [5, 5.41) is 7.03. The maximum absolute atomic E-state index is 11.6. The van der Waals surface area contributed by atoms with Gasteiger partial charge in [-0.15, -0.1) is 0 Å². The molecule has 1 aromatic carbocycles. The summed E-state index contributed by atoms with van der Waals surface area (Å²) in [6.45, 7) is 1.94. The summed E-state index contributed by atoms with van der Waals surface area (Å²) in [6.07, 6.45) is 0. The molecule has 98 valence electrons. The highest BCUT2D eigenvalue weighted by molar-refractivity contribution is 5.98. The molecule has 0 fully saturated rings. The van der Waals surface area contributed by atoms with Crippen LogP contribution in [0.15, 0.2) is 18.2 Å². The van der Waals surface area contributed by atoms with Crippen molar-refractivity contribution >= 4 is 17.3 Å².